The minimum atomic E-state index is -3.38. The molecule has 0 aromatic heterocycles. The average Bonchev–Trinajstić information content (AvgIpc) is 2.73. The van der Waals surface area contributed by atoms with Crippen molar-refractivity contribution in [1.29, 1.82) is 0 Å². The van der Waals surface area contributed by atoms with Crippen molar-refractivity contribution in [1.82, 2.24) is 9.62 Å². The van der Waals surface area contributed by atoms with Gasteiger partial charge in [-0.2, -0.15) is 4.31 Å². The van der Waals surface area contributed by atoms with Crippen LogP contribution in [-0.2, 0) is 20.5 Å². The highest BCUT2D eigenvalue weighted by Crippen LogP contribution is 2.14. The van der Waals surface area contributed by atoms with Crippen LogP contribution in [-0.4, -0.2) is 58.1 Å². The first-order valence-corrected chi connectivity index (χ1v) is 11.2. The van der Waals surface area contributed by atoms with Crippen LogP contribution in [0.4, 0.5) is 0 Å². The predicted molar refractivity (Wildman–Crippen MR) is 110 cm³/mol. The molecule has 0 bridgehead atoms. The van der Waals surface area contributed by atoms with Gasteiger partial charge in [0, 0.05) is 18.7 Å². The van der Waals surface area contributed by atoms with Crippen LogP contribution in [0, 0.1) is 6.92 Å². The summed E-state index contributed by atoms with van der Waals surface area (Å²) in [4.78, 5) is 12.2. The number of sulfonamides is 1. The molecule has 2 aromatic carbocycles. The number of hydrogen-bond acceptors (Lipinski definition) is 5. The average molecular weight is 419 g/mol. The molecule has 1 aliphatic rings. The molecule has 1 N–H and O–H groups in total. The third-order valence-corrected chi connectivity index (χ3v) is 6.46. The highest BCUT2D eigenvalue weighted by Gasteiger charge is 2.24. The lowest BCUT2D eigenvalue weighted by Gasteiger charge is -2.26. The van der Waals surface area contributed by atoms with Gasteiger partial charge in [0.1, 0.15) is 12.4 Å². The molecule has 3 rings (SSSR count). The number of aryl methyl sites for hydroxylation is 1. The molecule has 0 saturated carbocycles. The Kier molecular flexibility index (Phi) is 7.24. The van der Waals surface area contributed by atoms with E-state index in [2.05, 4.69) is 5.32 Å². The van der Waals surface area contributed by atoms with E-state index in [1.54, 1.807) is 24.3 Å². The van der Waals surface area contributed by atoms with Gasteiger partial charge in [-0.05, 0) is 36.8 Å². The van der Waals surface area contributed by atoms with Crippen LogP contribution in [0.25, 0.3) is 0 Å². The van der Waals surface area contributed by atoms with Crippen molar-refractivity contribution in [2.24, 2.45) is 0 Å². The number of carbonyl (C=O) groups excluding carboxylic acids is 1. The number of hydrogen-bond donors (Lipinski definition) is 1. The maximum Gasteiger partial charge on any atom is 0.251 e. The summed E-state index contributed by atoms with van der Waals surface area (Å²) < 4.78 is 37.2. The molecule has 0 unspecified atom stereocenters. The molecule has 0 radical (unpaired) electrons. The first-order valence-electron chi connectivity index (χ1n) is 9.56. The van der Waals surface area contributed by atoms with E-state index in [9.17, 15) is 13.2 Å². The third-order valence-electron chi connectivity index (χ3n) is 4.61. The molecule has 156 valence electrons. The van der Waals surface area contributed by atoms with Gasteiger partial charge in [0.15, 0.2) is 0 Å². The van der Waals surface area contributed by atoms with Crippen molar-refractivity contribution in [2.75, 3.05) is 39.5 Å². The third kappa shape index (κ3) is 6.28. The van der Waals surface area contributed by atoms with Gasteiger partial charge in [0.05, 0.1) is 25.5 Å². The van der Waals surface area contributed by atoms with Gasteiger partial charge in [-0.1, -0.05) is 29.8 Å². The van der Waals surface area contributed by atoms with Gasteiger partial charge >= 0.3 is 0 Å². The zero-order valence-corrected chi connectivity index (χ0v) is 17.3. The Morgan fingerprint density at radius 2 is 1.72 bits per heavy atom. The summed E-state index contributed by atoms with van der Waals surface area (Å²) in [7, 11) is -3.38. The fourth-order valence-corrected chi connectivity index (χ4v) is 4.45. The molecule has 2 aromatic rings. The summed E-state index contributed by atoms with van der Waals surface area (Å²) in [5, 5.41) is 2.80. The molecular formula is C21H26N2O5S. The second-order valence-corrected chi connectivity index (χ2v) is 8.85. The Balaban J connectivity index is 1.46. The lowest BCUT2D eigenvalue weighted by Crippen LogP contribution is -2.41. The van der Waals surface area contributed by atoms with E-state index in [1.165, 1.54) is 4.31 Å². The monoisotopic (exact) mass is 418 g/mol. The SMILES string of the molecule is Cc1ccc(OCCNC(=O)c2ccc(CS(=O)(=O)N3CCOCC3)cc2)cc1. The fraction of sp³-hybridized carbons (Fsp3) is 0.381. The van der Waals surface area contributed by atoms with Gasteiger partial charge in [-0.15, -0.1) is 0 Å². The number of rotatable bonds is 8. The number of benzene rings is 2. The Labute approximate surface area is 171 Å². The number of nitrogens with zero attached hydrogens (tertiary/aromatic N) is 1. The summed E-state index contributed by atoms with van der Waals surface area (Å²) in [5.74, 6) is 0.454. The molecule has 7 nitrogen and oxygen atoms in total. The first kappa shape index (κ1) is 21.3. The summed E-state index contributed by atoms with van der Waals surface area (Å²) in [6, 6.07) is 14.3. The topological polar surface area (TPSA) is 84.9 Å². The number of ether oxygens (including phenoxy) is 2. The van der Waals surface area contributed by atoms with Crippen molar-refractivity contribution in [2.45, 2.75) is 12.7 Å². The van der Waals surface area contributed by atoms with Crippen molar-refractivity contribution < 1.29 is 22.7 Å². The smallest absolute Gasteiger partial charge is 0.251 e. The van der Waals surface area contributed by atoms with Gasteiger partial charge in [-0.25, -0.2) is 8.42 Å². The van der Waals surface area contributed by atoms with Crippen LogP contribution < -0.4 is 10.1 Å². The zero-order chi connectivity index (χ0) is 20.7. The van der Waals surface area contributed by atoms with Crippen LogP contribution >= 0.6 is 0 Å². The van der Waals surface area contributed by atoms with E-state index in [-0.39, 0.29) is 11.7 Å². The first-order chi connectivity index (χ1) is 13.9. The zero-order valence-electron chi connectivity index (χ0n) is 16.5. The van der Waals surface area contributed by atoms with Gasteiger partial charge in [-0.3, -0.25) is 4.79 Å². The Morgan fingerprint density at radius 1 is 1.07 bits per heavy atom. The van der Waals surface area contributed by atoms with Crippen LogP contribution in [0.15, 0.2) is 48.5 Å². The van der Waals surface area contributed by atoms with Crippen LogP contribution in [0.2, 0.25) is 0 Å². The Morgan fingerprint density at radius 3 is 2.38 bits per heavy atom. The van der Waals surface area contributed by atoms with Gasteiger partial charge < -0.3 is 14.8 Å². The minimum Gasteiger partial charge on any atom is -0.492 e. The van der Waals surface area contributed by atoms with Crippen molar-refractivity contribution in [3.63, 3.8) is 0 Å². The van der Waals surface area contributed by atoms with Crippen LogP contribution in [0.5, 0.6) is 5.75 Å². The quantitative estimate of drug-likeness (QED) is 0.663. The molecule has 8 heteroatoms. The van der Waals surface area contributed by atoms with E-state index in [0.29, 0.717) is 50.6 Å². The van der Waals surface area contributed by atoms with Crippen molar-refractivity contribution >= 4 is 15.9 Å². The van der Waals surface area contributed by atoms with E-state index < -0.39 is 10.0 Å². The van der Waals surface area contributed by atoms with E-state index in [4.69, 9.17) is 9.47 Å². The normalized spacial score (nSPS) is 15.1. The van der Waals surface area contributed by atoms with Gasteiger partial charge in [0.25, 0.3) is 5.91 Å². The number of carbonyl (C=O) groups is 1. The van der Waals surface area contributed by atoms with E-state index in [1.807, 2.05) is 31.2 Å². The number of morpholine rings is 1. The second-order valence-electron chi connectivity index (χ2n) is 6.88. The molecule has 1 saturated heterocycles. The maximum absolute atomic E-state index is 12.5. The van der Waals surface area contributed by atoms with E-state index >= 15 is 0 Å². The lowest BCUT2D eigenvalue weighted by atomic mass is 10.1. The maximum atomic E-state index is 12.5. The molecule has 29 heavy (non-hydrogen) atoms. The molecule has 1 heterocycles. The summed E-state index contributed by atoms with van der Waals surface area (Å²) >= 11 is 0. The number of nitrogens with one attached hydrogen (secondary N) is 1. The standard InChI is InChI=1S/C21H26N2O5S/c1-17-2-8-20(9-3-17)28-13-10-22-21(24)19-6-4-18(5-7-19)16-29(25,26)23-11-14-27-15-12-23/h2-9H,10-16H2,1H3,(H,22,24). The highest BCUT2D eigenvalue weighted by molar-refractivity contribution is 7.88. The highest BCUT2D eigenvalue weighted by atomic mass is 32.2. The molecule has 0 aliphatic carbocycles. The minimum absolute atomic E-state index is 0.0840. The van der Waals surface area contributed by atoms with Gasteiger partial charge in [0.2, 0.25) is 10.0 Å². The second kappa shape index (κ2) is 9.87. The predicted octanol–water partition coefficient (Wildman–Crippen LogP) is 1.97. The number of amides is 1. The molecular weight excluding hydrogens is 392 g/mol. The molecule has 1 fully saturated rings. The Bertz CT molecular complexity index is 905. The fourth-order valence-electron chi connectivity index (χ4n) is 2.95. The summed E-state index contributed by atoms with van der Waals surface area (Å²) in [6.45, 7) is 4.36. The van der Waals surface area contributed by atoms with E-state index in [0.717, 1.165) is 11.3 Å². The lowest BCUT2D eigenvalue weighted by molar-refractivity contribution is 0.0729. The van der Waals surface area contributed by atoms with Crippen LogP contribution in [0.1, 0.15) is 21.5 Å². The van der Waals surface area contributed by atoms with Crippen molar-refractivity contribution in [3.05, 3.63) is 65.2 Å². The largest absolute Gasteiger partial charge is 0.492 e. The molecule has 0 atom stereocenters. The molecule has 1 aliphatic heterocycles. The summed E-state index contributed by atoms with van der Waals surface area (Å²) in [6.07, 6.45) is 0. The molecule has 1 amide bonds. The Hall–Kier alpha value is -2.42. The van der Waals surface area contributed by atoms with Crippen LogP contribution in [0.3, 0.4) is 0 Å². The molecule has 0 spiro atoms. The summed E-state index contributed by atoms with van der Waals surface area (Å²) in [5.41, 5.74) is 2.29. The van der Waals surface area contributed by atoms with Crippen molar-refractivity contribution in [3.8, 4) is 5.75 Å².